The van der Waals surface area contributed by atoms with Crippen molar-refractivity contribution in [3.05, 3.63) is 24.3 Å². The van der Waals surface area contributed by atoms with Gasteiger partial charge in [0.2, 0.25) is 0 Å². The van der Waals surface area contributed by atoms with E-state index < -0.39 is 0 Å². The van der Waals surface area contributed by atoms with E-state index in [0.717, 1.165) is 30.2 Å². The van der Waals surface area contributed by atoms with Gasteiger partial charge in [0, 0.05) is 19.6 Å². The predicted molar refractivity (Wildman–Crippen MR) is 75.6 cm³/mol. The molecule has 1 aromatic carbocycles. The van der Waals surface area contributed by atoms with Crippen molar-refractivity contribution < 1.29 is 4.42 Å². The number of hydrogen-bond acceptors (Lipinski definition) is 4. The second kappa shape index (κ2) is 5.59. The minimum absolute atomic E-state index is 0. The first-order valence-electron chi connectivity index (χ1n) is 6.14. The highest BCUT2D eigenvalue weighted by atomic mass is 35.5. The molecule has 1 aliphatic heterocycles. The second-order valence-corrected chi connectivity index (χ2v) is 4.58. The average molecular weight is 268 g/mol. The second-order valence-electron chi connectivity index (χ2n) is 4.58. The Hall–Kier alpha value is -1.26. The molecule has 2 heterocycles. The van der Waals surface area contributed by atoms with Crippen molar-refractivity contribution in [1.82, 2.24) is 10.3 Å². The zero-order valence-corrected chi connectivity index (χ0v) is 11.2. The molecule has 1 aliphatic rings. The lowest BCUT2D eigenvalue weighted by Gasteiger charge is -2.30. The summed E-state index contributed by atoms with van der Waals surface area (Å²) in [5, 5.41) is 3.41. The number of aromatic nitrogens is 1. The summed E-state index contributed by atoms with van der Waals surface area (Å²) in [7, 11) is 2.06. The van der Waals surface area contributed by atoms with E-state index in [-0.39, 0.29) is 12.4 Å². The summed E-state index contributed by atoms with van der Waals surface area (Å²) >= 11 is 0. The maximum atomic E-state index is 5.77. The Balaban J connectivity index is 0.00000120. The molecule has 1 aromatic heterocycles. The minimum Gasteiger partial charge on any atom is -0.423 e. The van der Waals surface area contributed by atoms with Crippen molar-refractivity contribution >= 4 is 29.5 Å². The third kappa shape index (κ3) is 2.44. The van der Waals surface area contributed by atoms with E-state index in [1.165, 1.54) is 12.8 Å². The third-order valence-corrected chi connectivity index (χ3v) is 3.40. The zero-order chi connectivity index (χ0) is 11.7. The normalized spacial score (nSPS) is 19.5. The molecule has 0 amide bonds. The number of nitrogens with zero attached hydrogens (tertiary/aromatic N) is 2. The fraction of sp³-hybridized carbons (Fsp3) is 0.462. The number of nitrogens with one attached hydrogen (secondary N) is 1. The molecule has 1 fully saturated rings. The maximum absolute atomic E-state index is 5.77. The molecule has 0 radical (unpaired) electrons. The molecule has 0 aliphatic carbocycles. The highest BCUT2D eigenvalue weighted by molar-refractivity contribution is 5.85. The molecule has 1 unspecified atom stereocenters. The number of halogens is 1. The predicted octanol–water partition coefficient (Wildman–Crippen LogP) is 2.44. The molecular formula is C13H18ClN3O. The molecule has 0 bridgehead atoms. The number of fused-ring (bicyclic) bond motifs is 1. The topological polar surface area (TPSA) is 41.3 Å². The lowest BCUT2D eigenvalue weighted by Crippen LogP contribution is -2.44. The number of oxazole rings is 1. The van der Waals surface area contributed by atoms with Crippen molar-refractivity contribution in [3.63, 3.8) is 0 Å². The van der Waals surface area contributed by atoms with E-state index in [1.807, 2.05) is 24.3 Å². The Morgan fingerprint density at radius 1 is 1.39 bits per heavy atom. The van der Waals surface area contributed by atoms with Gasteiger partial charge in [0.1, 0.15) is 5.52 Å². The summed E-state index contributed by atoms with van der Waals surface area (Å²) in [5.41, 5.74) is 1.79. The zero-order valence-electron chi connectivity index (χ0n) is 10.4. The summed E-state index contributed by atoms with van der Waals surface area (Å²) in [6.07, 6.45) is 2.41. The number of likely N-dealkylation sites (N-methyl/N-ethyl adjacent to an activating group) is 1. The van der Waals surface area contributed by atoms with Crippen LogP contribution in [0.1, 0.15) is 12.8 Å². The van der Waals surface area contributed by atoms with Crippen LogP contribution in [-0.2, 0) is 0 Å². The number of benzene rings is 1. The lowest BCUT2D eigenvalue weighted by molar-refractivity contribution is 0.425. The molecule has 98 valence electrons. The van der Waals surface area contributed by atoms with Gasteiger partial charge < -0.3 is 14.6 Å². The Morgan fingerprint density at radius 2 is 2.22 bits per heavy atom. The van der Waals surface area contributed by atoms with Crippen LogP contribution < -0.4 is 10.2 Å². The molecule has 1 atom stereocenters. The lowest BCUT2D eigenvalue weighted by atomic mass is 10.1. The summed E-state index contributed by atoms with van der Waals surface area (Å²) in [6.45, 7) is 2.13. The van der Waals surface area contributed by atoms with Crippen molar-refractivity contribution in [1.29, 1.82) is 0 Å². The smallest absolute Gasteiger partial charge is 0.298 e. The first kappa shape index (κ1) is 13.2. The van der Waals surface area contributed by atoms with Gasteiger partial charge in [-0.1, -0.05) is 12.1 Å². The number of piperidine rings is 1. The standard InChI is InChI=1S/C13H17N3O.ClH/c1-16(10-5-4-8-14-9-10)13-15-11-6-2-3-7-12(11)17-13;/h2-3,6-7,10,14H,4-5,8-9H2,1H3;1H. The molecular weight excluding hydrogens is 250 g/mol. The molecule has 0 saturated carbocycles. The van der Waals surface area contributed by atoms with Crippen LogP contribution in [-0.4, -0.2) is 31.2 Å². The first-order valence-corrected chi connectivity index (χ1v) is 6.14. The van der Waals surface area contributed by atoms with Gasteiger partial charge in [0.05, 0.1) is 0 Å². The maximum Gasteiger partial charge on any atom is 0.298 e. The van der Waals surface area contributed by atoms with E-state index in [1.54, 1.807) is 0 Å². The van der Waals surface area contributed by atoms with E-state index in [2.05, 4.69) is 22.2 Å². The van der Waals surface area contributed by atoms with Crippen molar-refractivity contribution in [3.8, 4) is 0 Å². The largest absolute Gasteiger partial charge is 0.423 e. The number of rotatable bonds is 2. The molecule has 18 heavy (non-hydrogen) atoms. The Bertz CT molecular complexity index is 475. The summed E-state index contributed by atoms with van der Waals surface area (Å²) in [6, 6.07) is 9.10. The SMILES string of the molecule is CN(c1nc2ccccc2o1)C1CCCNC1.Cl. The minimum atomic E-state index is 0. The molecule has 4 nitrogen and oxygen atoms in total. The van der Waals surface area contributed by atoms with Crippen LogP contribution in [0.25, 0.3) is 11.1 Å². The van der Waals surface area contributed by atoms with Gasteiger partial charge in [-0.2, -0.15) is 4.98 Å². The van der Waals surface area contributed by atoms with Crippen molar-refractivity contribution in [2.24, 2.45) is 0 Å². The fourth-order valence-corrected chi connectivity index (χ4v) is 2.33. The molecule has 1 N–H and O–H groups in total. The highest BCUT2D eigenvalue weighted by Crippen LogP contribution is 2.23. The summed E-state index contributed by atoms with van der Waals surface area (Å²) in [5.74, 6) is 0. The van der Waals surface area contributed by atoms with Crippen molar-refractivity contribution in [2.75, 3.05) is 25.0 Å². The quantitative estimate of drug-likeness (QED) is 0.907. The van der Waals surface area contributed by atoms with Crippen LogP contribution in [0.3, 0.4) is 0 Å². The average Bonchev–Trinajstić information content (AvgIpc) is 2.82. The third-order valence-electron chi connectivity index (χ3n) is 3.40. The number of hydrogen-bond donors (Lipinski definition) is 1. The molecule has 3 rings (SSSR count). The van der Waals surface area contributed by atoms with Crippen LogP contribution in [0.4, 0.5) is 6.01 Å². The van der Waals surface area contributed by atoms with Gasteiger partial charge in [-0.3, -0.25) is 0 Å². The van der Waals surface area contributed by atoms with E-state index in [9.17, 15) is 0 Å². The number of anilines is 1. The van der Waals surface area contributed by atoms with Crippen molar-refractivity contribution in [2.45, 2.75) is 18.9 Å². The van der Waals surface area contributed by atoms with Gasteiger partial charge in [-0.25, -0.2) is 0 Å². The fourth-order valence-electron chi connectivity index (χ4n) is 2.33. The molecule has 2 aromatic rings. The highest BCUT2D eigenvalue weighted by Gasteiger charge is 2.21. The van der Waals surface area contributed by atoms with Crippen LogP contribution in [0, 0.1) is 0 Å². The van der Waals surface area contributed by atoms with E-state index in [0.29, 0.717) is 6.04 Å². The van der Waals surface area contributed by atoms with Gasteiger partial charge >= 0.3 is 0 Å². The Kier molecular flexibility index (Phi) is 4.09. The first-order chi connectivity index (χ1) is 8.34. The van der Waals surface area contributed by atoms with Gasteiger partial charge in [0.15, 0.2) is 5.58 Å². The Morgan fingerprint density at radius 3 is 2.94 bits per heavy atom. The molecule has 0 spiro atoms. The van der Waals surface area contributed by atoms with Gasteiger partial charge in [-0.05, 0) is 31.5 Å². The van der Waals surface area contributed by atoms with E-state index >= 15 is 0 Å². The molecule has 5 heteroatoms. The summed E-state index contributed by atoms with van der Waals surface area (Å²) in [4.78, 5) is 6.66. The Labute approximate surface area is 113 Å². The van der Waals surface area contributed by atoms with E-state index in [4.69, 9.17) is 4.42 Å². The van der Waals surface area contributed by atoms with Crippen LogP contribution in [0.15, 0.2) is 28.7 Å². The van der Waals surface area contributed by atoms with Crippen LogP contribution in [0.5, 0.6) is 0 Å². The van der Waals surface area contributed by atoms with Gasteiger partial charge in [0.25, 0.3) is 6.01 Å². The van der Waals surface area contributed by atoms with Crippen LogP contribution in [0.2, 0.25) is 0 Å². The molecule has 1 saturated heterocycles. The monoisotopic (exact) mass is 267 g/mol. The number of para-hydroxylation sites is 2. The van der Waals surface area contributed by atoms with Crippen LogP contribution >= 0.6 is 12.4 Å². The van der Waals surface area contributed by atoms with Gasteiger partial charge in [-0.15, -0.1) is 12.4 Å². The summed E-state index contributed by atoms with van der Waals surface area (Å²) < 4.78 is 5.77.